The molecule has 0 aliphatic carbocycles. The summed E-state index contributed by atoms with van der Waals surface area (Å²) in [5, 5.41) is 27.5. The van der Waals surface area contributed by atoms with Crippen molar-refractivity contribution in [2.45, 2.75) is 0 Å². The van der Waals surface area contributed by atoms with Gasteiger partial charge in [0.15, 0.2) is 0 Å². The molecule has 0 aliphatic rings. The minimum atomic E-state index is -1.34. The fourth-order valence-corrected chi connectivity index (χ4v) is 1.23. The molecule has 1 aromatic rings. The summed E-state index contributed by atoms with van der Waals surface area (Å²) in [5.74, 6) is -1.34. The van der Waals surface area contributed by atoms with Crippen LogP contribution in [0.5, 0.6) is 0 Å². The summed E-state index contributed by atoms with van der Waals surface area (Å²) in [6.45, 7) is 0. The second-order valence-electron chi connectivity index (χ2n) is 2.53. The van der Waals surface area contributed by atoms with Gasteiger partial charge < -0.3 is 5.11 Å². The molecule has 0 radical (unpaired) electrons. The van der Waals surface area contributed by atoms with Crippen LogP contribution in [0.3, 0.4) is 0 Å². The van der Waals surface area contributed by atoms with Gasteiger partial charge in [0.05, 0.1) is 15.5 Å². The van der Waals surface area contributed by atoms with E-state index >= 15 is 0 Å². The number of rotatable bonds is 2. The highest BCUT2D eigenvalue weighted by molar-refractivity contribution is 6.32. The summed E-state index contributed by atoms with van der Waals surface area (Å²) in [7, 11) is 0. The van der Waals surface area contributed by atoms with E-state index in [2.05, 4.69) is 0 Å². The molecule has 6 nitrogen and oxygen atoms in total. The monoisotopic (exact) mass is 226 g/mol. The van der Waals surface area contributed by atoms with Crippen molar-refractivity contribution in [3.8, 4) is 6.07 Å². The standard InChI is InChI=1S/C8H3ClN2O4/c9-6-1-4(8(12)13)2-7(11(14)15)5(6)3-10/h1-2H,(H,12,13). The lowest BCUT2D eigenvalue weighted by molar-refractivity contribution is -0.385. The third kappa shape index (κ3) is 2.03. The number of carbonyl (C=O) groups is 1. The van der Waals surface area contributed by atoms with Crippen LogP contribution in [0, 0.1) is 21.4 Å². The van der Waals surface area contributed by atoms with Crippen molar-refractivity contribution in [3.05, 3.63) is 38.4 Å². The molecule has 15 heavy (non-hydrogen) atoms. The molecule has 0 bridgehead atoms. The second-order valence-corrected chi connectivity index (χ2v) is 2.93. The lowest BCUT2D eigenvalue weighted by Crippen LogP contribution is -2.00. The van der Waals surface area contributed by atoms with Crippen LogP contribution in [-0.4, -0.2) is 16.0 Å². The van der Waals surface area contributed by atoms with Gasteiger partial charge in [0.1, 0.15) is 11.6 Å². The molecule has 0 amide bonds. The Balaban J connectivity index is 3.54. The SMILES string of the molecule is N#Cc1c(Cl)cc(C(=O)O)cc1[N+](=O)[O-]. The predicted octanol–water partition coefficient (Wildman–Crippen LogP) is 1.82. The third-order valence-electron chi connectivity index (χ3n) is 1.62. The average Bonchev–Trinajstić information content (AvgIpc) is 2.16. The molecule has 1 N–H and O–H groups in total. The summed E-state index contributed by atoms with van der Waals surface area (Å²) in [4.78, 5) is 20.2. The molecule has 0 aliphatic heterocycles. The Morgan fingerprint density at radius 3 is 2.60 bits per heavy atom. The van der Waals surface area contributed by atoms with E-state index in [1.165, 1.54) is 0 Å². The predicted molar refractivity (Wildman–Crippen MR) is 49.8 cm³/mol. The maximum atomic E-state index is 10.6. The molecular weight excluding hydrogens is 224 g/mol. The summed E-state index contributed by atoms with van der Waals surface area (Å²) < 4.78 is 0. The first-order valence-electron chi connectivity index (χ1n) is 3.58. The van der Waals surface area contributed by atoms with Crippen LogP contribution in [-0.2, 0) is 0 Å². The lowest BCUT2D eigenvalue weighted by atomic mass is 10.1. The highest BCUT2D eigenvalue weighted by Gasteiger charge is 2.20. The van der Waals surface area contributed by atoms with Gasteiger partial charge in [-0.15, -0.1) is 0 Å². The van der Waals surface area contributed by atoms with Gasteiger partial charge in [-0.2, -0.15) is 5.26 Å². The number of nitro benzene ring substituents is 1. The van der Waals surface area contributed by atoms with E-state index in [9.17, 15) is 14.9 Å². The fourth-order valence-electron chi connectivity index (χ4n) is 0.970. The normalized spacial score (nSPS) is 9.33. The number of benzene rings is 1. The molecule has 76 valence electrons. The molecule has 0 spiro atoms. The van der Waals surface area contributed by atoms with Crippen molar-refractivity contribution < 1.29 is 14.8 Å². The Kier molecular flexibility index (Phi) is 2.87. The first kappa shape index (κ1) is 10.9. The first-order valence-corrected chi connectivity index (χ1v) is 3.96. The molecule has 1 rings (SSSR count). The van der Waals surface area contributed by atoms with Crippen LogP contribution in [0.1, 0.15) is 15.9 Å². The molecule has 0 saturated carbocycles. The largest absolute Gasteiger partial charge is 0.478 e. The van der Waals surface area contributed by atoms with Crippen LogP contribution in [0.15, 0.2) is 12.1 Å². The van der Waals surface area contributed by atoms with E-state index < -0.39 is 16.6 Å². The summed E-state index contributed by atoms with van der Waals surface area (Å²) in [6, 6.07) is 3.34. The highest BCUT2D eigenvalue weighted by Crippen LogP contribution is 2.27. The van der Waals surface area contributed by atoms with Crippen LogP contribution >= 0.6 is 11.6 Å². The average molecular weight is 227 g/mol. The second kappa shape index (κ2) is 3.94. The van der Waals surface area contributed by atoms with E-state index in [1.54, 1.807) is 6.07 Å². The molecule has 1 aromatic carbocycles. The van der Waals surface area contributed by atoms with Crippen molar-refractivity contribution in [2.75, 3.05) is 0 Å². The summed E-state index contributed by atoms with van der Waals surface area (Å²) in [6.07, 6.45) is 0. The quantitative estimate of drug-likeness (QED) is 0.612. The Bertz CT molecular complexity index is 492. The van der Waals surface area contributed by atoms with Crippen LogP contribution in [0.25, 0.3) is 0 Å². The highest BCUT2D eigenvalue weighted by atomic mass is 35.5. The zero-order chi connectivity index (χ0) is 11.6. The molecule has 0 aromatic heterocycles. The number of nitriles is 1. The number of hydrogen-bond donors (Lipinski definition) is 1. The van der Waals surface area contributed by atoms with Crippen LogP contribution in [0.4, 0.5) is 5.69 Å². The maximum absolute atomic E-state index is 10.6. The Labute approximate surface area is 88.5 Å². The van der Waals surface area contributed by atoms with Gasteiger partial charge in [-0.3, -0.25) is 10.1 Å². The molecule has 7 heteroatoms. The Morgan fingerprint density at radius 1 is 1.60 bits per heavy atom. The number of carboxylic acids is 1. The number of nitro groups is 1. The number of hydrogen-bond acceptors (Lipinski definition) is 4. The van der Waals surface area contributed by atoms with Gasteiger partial charge >= 0.3 is 5.97 Å². The summed E-state index contributed by atoms with van der Waals surface area (Å²) >= 11 is 5.53. The fraction of sp³-hybridized carbons (Fsp3) is 0. The van der Waals surface area contributed by atoms with Crippen LogP contribution in [0.2, 0.25) is 5.02 Å². The van der Waals surface area contributed by atoms with Gasteiger partial charge in [-0.25, -0.2) is 4.79 Å². The van der Waals surface area contributed by atoms with E-state index in [1.807, 2.05) is 0 Å². The number of aromatic carboxylic acids is 1. The lowest BCUT2D eigenvalue weighted by Gasteiger charge is -1.99. The molecule has 0 atom stereocenters. The van der Waals surface area contributed by atoms with E-state index in [0.717, 1.165) is 12.1 Å². The third-order valence-corrected chi connectivity index (χ3v) is 1.92. The minimum absolute atomic E-state index is 0.246. The Morgan fingerprint density at radius 2 is 2.20 bits per heavy atom. The number of carboxylic acid groups (broad SMARTS) is 1. The molecular formula is C8H3ClN2O4. The van der Waals surface area contributed by atoms with Crippen molar-refractivity contribution in [1.82, 2.24) is 0 Å². The first-order chi connectivity index (χ1) is 6.97. The number of nitrogens with zero attached hydrogens (tertiary/aromatic N) is 2. The smallest absolute Gasteiger partial charge is 0.335 e. The van der Waals surface area contributed by atoms with Crippen LogP contribution < -0.4 is 0 Å². The minimum Gasteiger partial charge on any atom is -0.478 e. The molecule has 0 fully saturated rings. The van der Waals surface area contributed by atoms with Gasteiger partial charge in [-0.05, 0) is 6.07 Å². The van der Waals surface area contributed by atoms with E-state index in [-0.39, 0.29) is 16.1 Å². The van der Waals surface area contributed by atoms with Crippen molar-refractivity contribution in [3.63, 3.8) is 0 Å². The summed E-state index contributed by atoms with van der Waals surface area (Å²) in [5.41, 5.74) is -1.28. The topological polar surface area (TPSA) is 104 Å². The van der Waals surface area contributed by atoms with E-state index in [0.29, 0.717) is 0 Å². The molecule has 0 unspecified atom stereocenters. The maximum Gasteiger partial charge on any atom is 0.335 e. The number of halogens is 1. The zero-order valence-corrected chi connectivity index (χ0v) is 7.85. The van der Waals surface area contributed by atoms with Crippen molar-refractivity contribution in [1.29, 1.82) is 5.26 Å². The van der Waals surface area contributed by atoms with Crippen molar-refractivity contribution >= 4 is 23.3 Å². The van der Waals surface area contributed by atoms with Gasteiger partial charge in [0.2, 0.25) is 0 Å². The zero-order valence-electron chi connectivity index (χ0n) is 7.10. The van der Waals surface area contributed by atoms with E-state index in [4.69, 9.17) is 22.0 Å². The van der Waals surface area contributed by atoms with Crippen molar-refractivity contribution in [2.24, 2.45) is 0 Å². The van der Waals surface area contributed by atoms with Gasteiger partial charge in [0, 0.05) is 6.07 Å². The molecule has 0 heterocycles. The molecule has 0 saturated heterocycles. The van der Waals surface area contributed by atoms with Gasteiger partial charge in [0.25, 0.3) is 5.69 Å². The van der Waals surface area contributed by atoms with Gasteiger partial charge in [-0.1, -0.05) is 11.6 Å². The Hall–Kier alpha value is -2.13.